The van der Waals surface area contributed by atoms with Crippen molar-refractivity contribution in [3.8, 4) is 0 Å². The zero-order chi connectivity index (χ0) is 11.7. The first-order valence-electron chi connectivity index (χ1n) is 5.27. The average molecular weight is 208 g/mol. The fraction of sp³-hybridized carbons (Fsp3) is 0.417. The number of urea groups is 1. The van der Waals surface area contributed by atoms with Gasteiger partial charge in [-0.05, 0) is 12.5 Å². The van der Waals surface area contributed by atoms with Gasteiger partial charge in [-0.3, -0.25) is 0 Å². The highest BCUT2D eigenvalue weighted by Crippen LogP contribution is 2.10. The fourth-order valence-electron chi connectivity index (χ4n) is 1.09. The Labute approximate surface area is 91.9 Å². The van der Waals surface area contributed by atoms with Crippen LogP contribution in [0.1, 0.15) is 32.4 Å². The summed E-state index contributed by atoms with van der Waals surface area (Å²) in [6.07, 6.45) is 0. The number of nitrogens with one attached hydrogen (secondary N) is 2. The number of carbonyl (C=O) groups excluding carboxylic acids is 1. The Bertz CT molecular complexity index is 272. The number of hydrogen-bond donors (Lipinski definition) is 2. The number of hydrogen-bond acceptors (Lipinski definition) is 1. The predicted molar refractivity (Wildman–Crippen MR) is 63.8 cm³/mol. The first-order chi connectivity index (χ1) is 7.24. The molecule has 0 heterocycles. The summed E-state index contributed by atoms with van der Waals surface area (Å²) >= 11 is 0. The molecule has 0 saturated carbocycles. The van der Waals surface area contributed by atoms with E-state index in [0.717, 1.165) is 5.56 Å². The molecule has 3 nitrogen and oxygen atoms in total. The molecule has 15 heavy (non-hydrogen) atoms. The highest BCUT2D eigenvalue weighted by molar-refractivity contribution is 5.73. The molecule has 1 aromatic rings. The van der Waals surface area contributed by atoms with Crippen molar-refractivity contribution in [3.05, 3.63) is 35.9 Å². The molecule has 84 valence electrons. The Kier molecular flexibility index (Phi) is 7.06. The number of carbonyl (C=O) groups is 1. The largest absolute Gasteiger partial charge is 0.341 e. The molecule has 0 saturated heterocycles. The minimum Gasteiger partial charge on any atom is -0.341 e. The zero-order valence-electron chi connectivity index (χ0n) is 9.87. The van der Waals surface area contributed by atoms with E-state index in [1.807, 2.05) is 51.1 Å². The van der Waals surface area contributed by atoms with Crippen LogP contribution >= 0.6 is 0 Å². The quantitative estimate of drug-likeness (QED) is 0.771. The van der Waals surface area contributed by atoms with Crippen molar-refractivity contribution in [3.63, 3.8) is 0 Å². The van der Waals surface area contributed by atoms with Gasteiger partial charge in [-0.25, -0.2) is 4.79 Å². The second-order valence-electron chi connectivity index (χ2n) is 2.86. The summed E-state index contributed by atoms with van der Waals surface area (Å²) in [7, 11) is 1.60. The van der Waals surface area contributed by atoms with Gasteiger partial charge in [-0.2, -0.15) is 0 Å². The van der Waals surface area contributed by atoms with Crippen LogP contribution in [0.5, 0.6) is 0 Å². The second-order valence-corrected chi connectivity index (χ2v) is 2.86. The second kappa shape index (κ2) is 7.85. The molecule has 0 aliphatic heterocycles. The zero-order valence-corrected chi connectivity index (χ0v) is 9.87. The Morgan fingerprint density at radius 1 is 1.20 bits per heavy atom. The highest BCUT2D eigenvalue weighted by atomic mass is 16.2. The topological polar surface area (TPSA) is 41.1 Å². The van der Waals surface area contributed by atoms with E-state index in [9.17, 15) is 4.79 Å². The van der Waals surface area contributed by atoms with E-state index in [0.29, 0.717) is 0 Å². The Morgan fingerprint density at radius 3 is 2.20 bits per heavy atom. The molecule has 0 aliphatic rings. The summed E-state index contributed by atoms with van der Waals surface area (Å²) in [6.45, 7) is 5.95. The maximum atomic E-state index is 11.0. The molecule has 1 aromatic carbocycles. The summed E-state index contributed by atoms with van der Waals surface area (Å²) in [5, 5.41) is 5.31. The van der Waals surface area contributed by atoms with Crippen molar-refractivity contribution >= 4 is 6.03 Å². The average Bonchev–Trinajstić information content (AvgIpc) is 2.32. The summed E-state index contributed by atoms with van der Waals surface area (Å²) in [6, 6.07) is 9.73. The van der Waals surface area contributed by atoms with Crippen LogP contribution in [0.4, 0.5) is 4.79 Å². The van der Waals surface area contributed by atoms with Gasteiger partial charge in [0, 0.05) is 7.05 Å². The maximum Gasteiger partial charge on any atom is 0.315 e. The van der Waals surface area contributed by atoms with Crippen LogP contribution in [0.25, 0.3) is 0 Å². The van der Waals surface area contributed by atoms with Crippen molar-refractivity contribution in [2.24, 2.45) is 0 Å². The monoisotopic (exact) mass is 208 g/mol. The molecule has 2 amide bonds. The molecule has 2 N–H and O–H groups in total. The lowest BCUT2D eigenvalue weighted by Gasteiger charge is -2.13. The SMILES string of the molecule is CC.CNC(=O)NC(C)c1ccccc1. The van der Waals surface area contributed by atoms with Crippen molar-refractivity contribution in [1.82, 2.24) is 10.6 Å². The van der Waals surface area contributed by atoms with Crippen LogP contribution in [-0.2, 0) is 0 Å². The van der Waals surface area contributed by atoms with Crippen LogP contribution in [0.2, 0.25) is 0 Å². The van der Waals surface area contributed by atoms with Crippen LogP contribution in [-0.4, -0.2) is 13.1 Å². The number of rotatable bonds is 2. The lowest BCUT2D eigenvalue weighted by atomic mass is 10.1. The van der Waals surface area contributed by atoms with Crippen molar-refractivity contribution in [1.29, 1.82) is 0 Å². The van der Waals surface area contributed by atoms with E-state index in [1.54, 1.807) is 7.05 Å². The highest BCUT2D eigenvalue weighted by Gasteiger charge is 2.06. The predicted octanol–water partition coefficient (Wildman–Crippen LogP) is 2.70. The molecule has 0 bridgehead atoms. The van der Waals surface area contributed by atoms with E-state index in [-0.39, 0.29) is 12.1 Å². The molecule has 0 spiro atoms. The summed E-state index contributed by atoms with van der Waals surface area (Å²) < 4.78 is 0. The number of amides is 2. The standard InChI is InChI=1S/C10H14N2O.C2H6/c1-8(12-10(13)11-2)9-6-4-3-5-7-9;1-2/h3-8H,1-2H3,(H2,11,12,13);1-2H3. The Hall–Kier alpha value is -1.51. The molecule has 1 unspecified atom stereocenters. The maximum absolute atomic E-state index is 11.0. The lowest BCUT2D eigenvalue weighted by Crippen LogP contribution is -2.34. The molecule has 3 heteroatoms. The van der Waals surface area contributed by atoms with Gasteiger partial charge in [0.15, 0.2) is 0 Å². The van der Waals surface area contributed by atoms with E-state index < -0.39 is 0 Å². The smallest absolute Gasteiger partial charge is 0.315 e. The third-order valence-corrected chi connectivity index (χ3v) is 1.87. The lowest BCUT2D eigenvalue weighted by molar-refractivity contribution is 0.240. The first kappa shape index (κ1) is 13.5. The van der Waals surface area contributed by atoms with E-state index in [2.05, 4.69) is 10.6 Å². The molecule has 0 radical (unpaired) electrons. The van der Waals surface area contributed by atoms with Gasteiger partial charge in [-0.1, -0.05) is 44.2 Å². The molecule has 1 rings (SSSR count). The molecule has 0 aliphatic carbocycles. The Balaban J connectivity index is 0.000000921. The fourth-order valence-corrected chi connectivity index (χ4v) is 1.09. The van der Waals surface area contributed by atoms with Gasteiger partial charge in [0.1, 0.15) is 0 Å². The molecule has 1 atom stereocenters. The first-order valence-corrected chi connectivity index (χ1v) is 5.27. The van der Waals surface area contributed by atoms with Crippen LogP contribution in [0, 0.1) is 0 Å². The molecular formula is C12H20N2O. The number of benzene rings is 1. The normalized spacial score (nSPS) is 10.7. The van der Waals surface area contributed by atoms with Gasteiger partial charge in [0.05, 0.1) is 6.04 Å². The van der Waals surface area contributed by atoms with Crippen LogP contribution in [0.15, 0.2) is 30.3 Å². The summed E-state index contributed by atoms with van der Waals surface area (Å²) in [5.74, 6) is 0. The van der Waals surface area contributed by atoms with Gasteiger partial charge in [0.2, 0.25) is 0 Å². The van der Waals surface area contributed by atoms with Gasteiger partial charge < -0.3 is 10.6 Å². The molecule has 0 aromatic heterocycles. The van der Waals surface area contributed by atoms with Gasteiger partial charge in [-0.15, -0.1) is 0 Å². The van der Waals surface area contributed by atoms with Crippen LogP contribution < -0.4 is 10.6 Å². The summed E-state index contributed by atoms with van der Waals surface area (Å²) in [4.78, 5) is 11.0. The van der Waals surface area contributed by atoms with Crippen LogP contribution in [0.3, 0.4) is 0 Å². The third kappa shape index (κ3) is 5.05. The minimum atomic E-state index is -0.156. The molecule has 0 fully saturated rings. The minimum absolute atomic E-state index is 0.0427. The Morgan fingerprint density at radius 2 is 1.73 bits per heavy atom. The van der Waals surface area contributed by atoms with E-state index in [1.165, 1.54) is 0 Å². The van der Waals surface area contributed by atoms with E-state index in [4.69, 9.17) is 0 Å². The van der Waals surface area contributed by atoms with E-state index >= 15 is 0 Å². The van der Waals surface area contributed by atoms with Gasteiger partial charge in [0.25, 0.3) is 0 Å². The third-order valence-electron chi connectivity index (χ3n) is 1.87. The summed E-state index contributed by atoms with van der Waals surface area (Å²) in [5.41, 5.74) is 1.10. The van der Waals surface area contributed by atoms with Gasteiger partial charge >= 0.3 is 6.03 Å². The molecular weight excluding hydrogens is 188 g/mol. The van der Waals surface area contributed by atoms with Crippen molar-refractivity contribution < 1.29 is 4.79 Å². The van der Waals surface area contributed by atoms with Crippen molar-refractivity contribution in [2.75, 3.05) is 7.05 Å². The van der Waals surface area contributed by atoms with Crippen molar-refractivity contribution in [2.45, 2.75) is 26.8 Å².